The summed E-state index contributed by atoms with van der Waals surface area (Å²) in [5, 5.41) is 8.07. The Hall–Kier alpha value is -1.43. The van der Waals surface area contributed by atoms with Gasteiger partial charge in [0.05, 0.1) is 11.7 Å². The summed E-state index contributed by atoms with van der Waals surface area (Å²) in [6.07, 6.45) is 3.16. The van der Waals surface area contributed by atoms with Crippen LogP contribution in [0.1, 0.15) is 46.2 Å². The Morgan fingerprint density at radius 2 is 2.05 bits per heavy atom. The van der Waals surface area contributed by atoms with Crippen molar-refractivity contribution in [1.29, 1.82) is 0 Å². The number of carbonyl (C=O) groups excluding carboxylic acids is 1. The Morgan fingerprint density at radius 3 is 2.53 bits per heavy atom. The zero-order chi connectivity index (χ0) is 14.5. The van der Waals surface area contributed by atoms with E-state index < -0.39 is 5.54 Å². The van der Waals surface area contributed by atoms with E-state index in [2.05, 4.69) is 10.3 Å². The van der Waals surface area contributed by atoms with Crippen LogP contribution < -0.4 is 5.73 Å². The molecule has 108 valence electrons. The fraction of sp³-hybridized carbons (Fsp3) is 0.769. The van der Waals surface area contributed by atoms with Crippen LogP contribution in [0.2, 0.25) is 0 Å². The molecule has 0 saturated heterocycles. The molecule has 1 rings (SSSR count). The van der Waals surface area contributed by atoms with E-state index in [1.165, 1.54) is 0 Å². The summed E-state index contributed by atoms with van der Waals surface area (Å²) < 4.78 is 1.75. The Morgan fingerprint density at radius 1 is 1.42 bits per heavy atom. The highest BCUT2D eigenvalue weighted by Gasteiger charge is 2.18. The van der Waals surface area contributed by atoms with Crippen LogP contribution in [0.5, 0.6) is 0 Å². The molecule has 2 N–H and O–H groups in total. The lowest BCUT2D eigenvalue weighted by atomic mass is 10.0. The first-order chi connectivity index (χ1) is 8.88. The van der Waals surface area contributed by atoms with Gasteiger partial charge in [0.1, 0.15) is 5.69 Å². The van der Waals surface area contributed by atoms with Gasteiger partial charge in [-0.1, -0.05) is 5.21 Å². The lowest BCUT2D eigenvalue weighted by Gasteiger charge is -2.18. The third kappa shape index (κ3) is 4.63. The number of aryl methyl sites for hydroxylation is 1. The minimum atomic E-state index is -0.477. The summed E-state index contributed by atoms with van der Waals surface area (Å²) in [7, 11) is 0. The number of hydrogen-bond donors (Lipinski definition) is 1. The molecule has 6 heteroatoms. The van der Waals surface area contributed by atoms with Crippen LogP contribution in [0, 0.1) is 0 Å². The highest BCUT2D eigenvalue weighted by molar-refractivity contribution is 5.75. The van der Waals surface area contributed by atoms with Crippen molar-refractivity contribution in [3.05, 3.63) is 11.9 Å². The Bertz CT molecular complexity index is 403. The van der Waals surface area contributed by atoms with Crippen LogP contribution in [0.15, 0.2) is 6.20 Å². The van der Waals surface area contributed by atoms with Gasteiger partial charge < -0.3 is 10.6 Å². The second kappa shape index (κ2) is 6.65. The van der Waals surface area contributed by atoms with Crippen molar-refractivity contribution in [2.75, 3.05) is 13.1 Å². The molecule has 0 aliphatic heterocycles. The van der Waals surface area contributed by atoms with Gasteiger partial charge in [0.15, 0.2) is 0 Å². The highest BCUT2D eigenvalue weighted by atomic mass is 16.2. The molecule has 0 spiro atoms. The van der Waals surface area contributed by atoms with E-state index in [0.29, 0.717) is 13.0 Å². The van der Waals surface area contributed by atoms with Crippen LogP contribution in [0.4, 0.5) is 0 Å². The van der Waals surface area contributed by atoms with Crippen molar-refractivity contribution in [2.45, 2.75) is 52.6 Å². The Labute approximate surface area is 115 Å². The molecule has 1 aromatic rings. The highest BCUT2D eigenvalue weighted by Crippen LogP contribution is 2.12. The summed E-state index contributed by atoms with van der Waals surface area (Å²) in [4.78, 5) is 13.7. The first-order valence-corrected chi connectivity index (χ1v) is 6.85. The number of carbonyl (C=O) groups is 1. The lowest BCUT2D eigenvalue weighted by Crippen LogP contribution is -2.30. The molecule has 1 heterocycles. The quantitative estimate of drug-likeness (QED) is 0.803. The van der Waals surface area contributed by atoms with Crippen LogP contribution in [-0.4, -0.2) is 38.9 Å². The minimum absolute atomic E-state index is 0.199. The summed E-state index contributed by atoms with van der Waals surface area (Å²) in [6, 6.07) is 0. The van der Waals surface area contributed by atoms with Crippen molar-refractivity contribution in [3.8, 4) is 0 Å². The van der Waals surface area contributed by atoms with E-state index in [0.717, 1.165) is 25.2 Å². The molecule has 6 nitrogen and oxygen atoms in total. The van der Waals surface area contributed by atoms with Gasteiger partial charge in [-0.2, -0.15) is 0 Å². The van der Waals surface area contributed by atoms with Gasteiger partial charge in [-0.05, 0) is 34.1 Å². The van der Waals surface area contributed by atoms with Gasteiger partial charge in [0.25, 0.3) is 0 Å². The van der Waals surface area contributed by atoms with E-state index in [-0.39, 0.29) is 5.91 Å². The van der Waals surface area contributed by atoms with E-state index in [1.807, 2.05) is 38.8 Å². The molecule has 0 bridgehead atoms. The predicted molar refractivity (Wildman–Crippen MR) is 74.4 cm³/mol. The predicted octanol–water partition coefficient (Wildman–Crippen LogP) is 1.12. The van der Waals surface area contributed by atoms with Crippen molar-refractivity contribution < 1.29 is 4.79 Å². The summed E-state index contributed by atoms with van der Waals surface area (Å²) in [6.45, 7) is 10.0. The molecule has 19 heavy (non-hydrogen) atoms. The number of hydrogen-bond acceptors (Lipinski definition) is 4. The van der Waals surface area contributed by atoms with Crippen LogP contribution in [0.25, 0.3) is 0 Å². The van der Waals surface area contributed by atoms with E-state index >= 15 is 0 Å². The monoisotopic (exact) mass is 267 g/mol. The number of amides is 1. The molecule has 0 atom stereocenters. The maximum absolute atomic E-state index is 11.8. The lowest BCUT2D eigenvalue weighted by molar-refractivity contribution is -0.130. The summed E-state index contributed by atoms with van der Waals surface area (Å²) >= 11 is 0. The maximum atomic E-state index is 11.8. The van der Waals surface area contributed by atoms with Crippen LogP contribution in [0.3, 0.4) is 0 Å². The Kier molecular flexibility index (Phi) is 5.47. The van der Waals surface area contributed by atoms with E-state index in [9.17, 15) is 4.79 Å². The summed E-state index contributed by atoms with van der Waals surface area (Å²) in [5.74, 6) is 0.199. The minimum Gasteiger partial charge on any atom is -0.343 e. The van der Waals surface area contributed by atoms with Gasteiger partial charge in [0.2, 0.25) is 5.91 Å². The van der Waals surface area contributed by atoms with Crippen molar-refractivity contribution in [1.82, 2.24) is 19.9 Å². The van der Waals surface area contributed by atoms with Crippen molar-refractivity contribution in [3.63, 3.8) is 0 Å². The molecule has 0 unspecified atom stereocenters. The topological polar surface area (TPSA) is 77.0 Å². The molecule has 1 aromatic heterocycles. The number of aromatic nitrogens is 3. The third-order valence-electron chi connectivity index (χ3n) is 3.09. The second-order valence-corrected chi connectivity index (χ2v) is 5.26. The fourth-order valence-corrected chi connectivity index (χ4v) is 1.83. The number of nitrogens with two attached hydrogens (primary N) is 1. The zero-order valence-electron chi connectivity index (χ0n) is 12.4. The normalized spacial score (nSPS) is 11.6. The first kappa shape index (κ1) is 15.6. The van der Waals surface area contributed by atoms with E-state index in [1.54, 1.807) is 4.68 Å². The molecule has 0 aromatic carbocycles. The molecule has 0 aliphatic carbocycles. The standard InChI is InChI=1S/C13H25N5O/c1-5-17(6-2)12(19)8-7-9-18-10-11(15-16-18)13(3,4)14/h10H,5-9,14H2,1-4H3. The molecule has 0 saturated carbocycles. The fourth-order valence-electron chi connectivity index (χ4n) is 1.83. The zero-order valence-corrected chi connectivity index (χ0v) is 12.4. The molecule has 0 radical (unpaired) electrons. The number of nitrogens with zero attached hydrogens (tertiary/aromatic N) is 4. The number of rotatable bonds is 7. The molecular weight excluding hydrogens is 242 g/mol. The van der Waals surface area contributed by atoms with Crippen molar-refractivity contribution in [2.24, 2.45) is 5.73 Å². The SMILES string of the molecule is CCN(CC)C(=O)CCCn1cc(C(C)(C)N)nn1. The van der Waals surface area contributed by atoms with Gasteiger partial charge in [-0.15, -0.1) is 5.10 Å². The average Bonchev–Trinajstić information content (AvgIpc) is 2.79. The largest absolute Gasteiger partial charge is 0.343 e. The maximum Gasteiger partial charge on any atom is 0.222 e. The average molecular weight is 267 g/mol. The van der Waals surface area contributed by atoms with Gasteiger partial charge in [0, 0.05) is 26.1 Å². The smallest absolute Gasteiger partial charge is 0.222 e. The molecular formula is C13H25N5O. The van der Waals surface area contributed by atoms with Crippen molar-refractivity contribution >= 4 is 5.91 Å². The Balaban J connectivity index is 2.41. The van der Waals surface area contributed by atoms with E-state index in [4.69, 9.17) is 5.73 Å². The molecule has 1 amide bonds. The second-order valence-electron chi connectivity index (χ2n) is 5.26. The van der Waals surface area contributed by atoms with Crippen LogP contribution in [-0.2, 0) is 16.9 Å². The third-order valence-corrected chi connectivity index (χ3v) is 3.09. The van der Waals surface area contributed by atoms with Gasteiger partial charge in [-0.25, -0.2) is 0 Å². The first-order valence-electron chi connectivity index (χ1n) is 6.85. The van der Waals surface area contributed by atoms with Gasteiger partial charge in [-0.3, -0.25) is 9.48 Å². The van der Waals surface area contributed by atoms with Crippen LogP contribution >= 0.6 is 0 Å². The van der Waals surface area contributed by atoms with Gasteiger partial charge >= 0.3 is 0 Å². The molecule has 0 fully saturated rings. The summed E-state index contributed by atoms with van der Waals surface area (Å²) in [5.41, 5.74) is 6.24. The molecule has 0 aliphatic rings.